The van der Waals surface area contributed by atoms with Gasteiger partial charge in [-0.2, -0.15) is 10.4 Å². The second-order valence-corrected chi connectivity index (χ2v) is 9.65. The summed E-state index contributed by atoms with van der Waals surface area (Å²) in [6.07, 6.45) is 7.07. The van der Waals surface area contributed by atoms with Crippen molar-refractivity contribution in [1.29, 1.82) is 5.26 Å². The van der Waals surface area contributed by atoms with Gasteiger partial charge >= 0.3 is 0 Å². The number of aromatic nitrogens is 3. The average Bonchev–Trinajstić information content (AvgIpc) is 3.33. The fourth-order valence-electron chi connectivity index (χ4n) is 5.27. The summed E-state index contributed by atoms with van der Waals surface area (Å²) in [5.41, 5.74) is 1.98. The lowest BCUT2D eigenvalue weighted by atomic mass is 9.81. The Bertz CT molecular complexity index is 1140. The van der Waals surface area contributed by atoms with Gasteiger partial charge in [-0.25, -0.2) is 10.1 Å². The van der Waals surface area contributed by atoms with Crippen molar-refractivity contribution in [3.8, 4) is 6.07 Å². The number of carbonyl (C=O) groups is 1. The molecule has 0 radical (unpaired) electrons. The average molecular weight is 478 g/mol. The molecule has 0 spiro atoms. The summed E-state index contributed by atoms with van der Waals surface area (Å²) in [7, 11) is 0. The Labute approximate surface area is 204 Å². The number of amides is 1. The summed E-state index contributed by atoms with van der Waals surface area (Å²) < 4.78 is 6.19. The van der Waals surface area contributed by atoms with Gasteiger partial charge < -0.3 is 19.4 Å². The van der Waals surface area contributed by atoms with E-state index in [9.17, 15) is 9.59 Å². The molecule has 5 rings (SSSR count). The molecule has 2 saturated heterocycles. The highest BCUT2D eigenvalue weighted by atomic mass is 16.5. The largest absolute Gasteiger partial charge is 0.376 e. The number of hydrogen-bond donors (Lipinski definition) is 1. The minimum absolute atomic E-state index is 0.0402. The Morgan fingerprint density at radius 3 is 2.71 bits per heavy atom. The van der Waals surface area contributed by atoms with Crippen LogP contribution in [0.1, 0.15) is 36.8 Å². The van der Waals surface area contributed by atoms with Gasteiger partial charge in [0.25, 0.3) is 5.56 Å². The summed E-state index contributed by atoms with van der Waals surface area (Å²) in [4.78, 5) is 35.6. The van der Waals surface area contributed by atoms with Crippen molar-refractivity contribution in [2.75, 3.05) is 49.1 Å². The van der Waals surface area contributed by atoms with E-state index in [1.807, 2.05) is 17.9 Å². The van der Waals surface area contributed by atoms with Crippen molar-refractivity contribution in [2.24, 2.45) is 5.92 Å². The predicted octanol–water partition coefficient (Wildman–Crippen LogP) is 1.46. The Balaban J connectivity index is 1.06. The van der Waals surface area contributed by atoms with Crippen molar-refractivity contribution in [1.82, 2.24) is 20.1 Å². The molecule has 3 aliphatic rings. The van der Waals surface area contributed by atoms with Crippen molar-refractivity contribution in [2.45, 2.75) is 44.8 Å². The summed E-state index contributed by atoms with van der Waals surface area (Å²) >= 11 is 0. The smallest absolute Gasteiger partial charge is 0.269 e. The number of ether oxygens (including phenoxy) is 1. The van der Waals surface area contributed by atoms with Crippen LogP contribution in [0.4, 0.5) is 11.5 Å². The first-order chi connectivity index (χ1) is 17.0. The summed E-state index contributed by atoms with van der Waals surface area (Å²) in [6, 6.07) is 5.96. The molecule has 0 bridgehead atoms. The van der Waals surface area contributed by atoms with Gasteiger partial charge in [-0.1, -0.05) is 0 Å². The van der Waals surface area contributed by atoms with Crippen LogP contribution < -0.4 is 15.4 Å². The molecule has 0 unspecified atom stereocenters. The van der Waals surface area contributed by atoms with E-state index in [1.54, 1.807) is 18.5 Å². The highest BCUT2D eigenvalue weighted by Crippen LogP contribution is 2.34. The fraction of sp³-hybridized carbons (Fsp3) is 0.560. The van der Waals surface area contributed by atoms with Crippen molar-refractivity contribution in [3.63, 3.8) is 0 Å². The number of anilines is 2. The van der Waals surface area contributed by atoms with Crippen LogP contribution in [0.2, 0.25) is 0 Å². The van der Waals surface area contributed by atoms with Crippen molar-refractivity contribution in [3.05, 3.63) is 46.0 Å². The van der Waals surface area contributed by atoms with E-state index in [-0.39, 0.29) is 29.5 Å². The molecule has 4 heterocycles. The molecular weight excluding hydrogens is 446 g/mol. The second kappa shape index (κ2) is 10.0. The van der Waals surface area contributed by atoms with Crippen LogP contribution in [0.15, 0.2) is 29.3 Å². The zero-order valence-corrected chi connectivity index (χ0v) is 20.0. The van der Waals surface area contributed by atoms with Gasteiger partial charge in [-0.3, -0.25) is 9.59 Å². The summed E-state index contributed by atoms with van der Waals surface area (Å²) in [5.74, 6) is 1.11. The van der Waals surface area contributed by atoms with Gasteiger partial charge in [0.2, 0.25) is 5.91 Å². The van der Waals surface area contributed by atoms with Gasteiger partial charge in [0.05, 0.1) is 36.2 Å². The standard InChI is InChI=1S/C25H31N7O3/c1-17-22(15-28-29-24(17)33)32-6-2-3-20(32)16-35-21-11-19(12-21)25(34)31-9-7-30(8-10-31)23-5-4-18(13-26)14-27-23/h4-5,14-15,19-21H,2-3,6-12,16H2,1H3,(H,29,33)/t19?,20-,21?/m0/s1. The first-order valence-corrected chi connectivity index (χ1v) is 12.4. The number of carbonyl (C=O) groups excluding carboxylic acids is 1. The van der Waals surface area contributed by atoms with Crippen LogP contribution in [0.3, 0.4) is 0 Å². The zero-order valence-electron chi connectivity index (χ0n) is 20.0. The second-order valence-electron chi connectivity index (χ2n) is 9.65. The maximum Gasteiger partial charge on any atom is 0.269 e. The number of nitrogens with one attached hydrogen (secondary N) is 1. The maximum atomic E-state index is 13.0. The van der Waals surface area contributed by atoms with E-state index < -0.39 is 0 Å². The molecule has 2 aromatic heterocycles. The maximum absolute atomic E-state index is 13.0. The lowest BCUT2D eigenvalue weighted by molar-refractivity contribution is -0.145. The molecule has 1 N–H and O–H groups in total. The number of nitriles is 1. The van der Waals surface area contributed by atoms with Crippen molar-refractivity contribution >= 4 is 17.4 Å². The molecule has 1 amide bonds. The highest BCUT2D eigenvalue weighted by Gasteiger charge is 2.39. The molecule has 10 heteroatoms. The first kappa shape index (κ1) is 23.3. The van der Waals surface area contributed by atoms with Crippen molar-refractivity contribution < 1.29 is 9.53 Å². The molecule has 1 atom stereocenters. The zero-order chi connectivity index (χ0) is 24.4. The van der Waals surface area contributed by atoms with E-state index >= 15 is 0 Å². The molecular formula is C25H31N7O3. The Morgan fingerprint density at radius 1 is 1.20 bits per heavy atom. The normalized spacial score (nSPS) is 24.2. The van der Waals surface area contributed by atoms with Crippen LogP contribution in [0.5, 0.6) is 0 Å². The molecule has 0 aromatic carbocycles. The minimum Gasteiger partial charge on any atom is -0.376 e. The Hall–Kier alpha value is -3.45. The number of piperazine rings is 1. The molecule has 3 fully saturated rings. The van der Waals surface area contributed by atoms with Crippen LogP contribution in [-0.4, -0.2) is 77.5 Å². The molecule has 2 aromatic rings. The lowest BCUT2D eigenvalue weighted by Gasteiger charge is -2.41. The van der Waals surface area contributed by atoms with Gasteiger partial charge in [-0.15, -0.1) is 0 Å². The topological polar surface area (TPSA) is 118 Å². The van der Waals surface area contributed by atoms with E-state index in [4.69, 9.17) is 10.00 Å². The van der Waals surface area contributed by atoms with Crippen LogP contribution >= 0.6 is 0 Å². The molecule has 1 saturated carbocycles. The monoisotopic (exact) mass is 477 g/mol. The third kappa shape index (κ3) is 4.86. The third-order valence-corrected chi connectivity index (χ3v) is 7.52. The number of rotatable bonds is 6. The van der Waals surface area contributed by atoms with E-state index in [0.717, 1.165) is 56.8 Å². The minimum atomic E-state index is -0.150. The molecule has 1 aliphatic carbocycles. The first-order valence-electron chi connectivity index (χ1n) is 12.4. The summed E-state index contributed by atoms with van der Waals surface area (Å²) in [5, 5.41) is 15.4. The SMILES string of the molecule is Cc1c(N2CCC[C@H]2COC2CC(C(=O)N3CCN(c4ccc(C#N)cn4)CC3)C2)cn[nH]c1=O. The Morgan fingerprint density at radius 2 is 2.00 bits per heavy atom. The lowest BCUT2D eigenvalue weighted by Crippen LogP contribution is -2.53. The quantitative estimate of drug-likeness (QED) is 0.664. The van der Waals surface area contributed by atoms with Gasteiger partial charge in [0.15, 0.2) is 0 Å². The fourth-order valence-corrected chi connectivity index (χ4v) is 5.27. The van der Waals surface area contributed by atoms with Gasteiger partial charge in [0.1, 0.15) is 11.9 Å². The van der Waals surface area contributed by atoms with Crippen LogP contribution in [-0.2, 0) is 9.53 Å². The molecule has 10 nitrogen and oxygen atoms in total. The molecule has 35 heavy (non-hydrogen) atoms. The van der Waals surface area contributed by atoms with E-state index in [1.165, 1.54) is 0 Å². The number of H-pyrrole nitrogens is 1. The van der Waals surface area contributed by atoms with Crippen LogP contribution in [0, 0.1) is 24.2 Å². The molecule has 2 aliphatic heterocycles. The molecule has 184 valence electrons. The number of pyridine rings is 1. The third-order valence-electron chi connectivity index (χ3n) is 7.52. The number of aromatic amines is 1. The van der Waals surface area contributed by atoms with E-state index in [2.05, 4.69) is 31.1 Å². The highest BCUT2D eigenvalue weighted by molar-refractivity contribution is 5.80. The summed E-state index contributed by atoms with van der Waals surface area (Å²) in [6.45, 7) is 6.18. The number of nitrogens with zero attached hydrogens (tertiary/aromatic N) is 6. The Kier molecular flexibility index (Phi) is 6.68. The van der Waals surface area contributed by atoms with E-state index in [0.29, 0.717) is 30.8 Å². The van der Waals surface area contributed by atoms with Gasteiger partial charge in [-0.05, 0) is 44.7 Å². The van der Waals surface area contributed by atoms with Gasteiger partial charge in [0, 0.05) is 50.4 Å². The van der Waals surface area contributed by atoms with Crippen LogP contribution in [0.25, 0.3) is 0 Å². The predicted molar refractivity (Wildman–Crippen MR) is 130 cm³/mol. The number of hydrogen-bond acceptors (Lipinski definition) is 8.